The van der Waals surface area contributed by atoms with Gasteiger partial charge in [-0.25, -0.2) is 15.0 Å². The first-order valence-electron chi connectivity index (χ1n) is 10.4. The number of aryl methyl sites for hydroxylation is 2. The third-order valence-corrected chi connectivity index (χ3v) is 5.89. The maximum absolute atomic E-state index is 11.7. The van der Waals surface area contributed by atoms with Crippen LogP contribution in [0.5, 0.6) is 5.75 Å². The van der Waals surface area contributed by atoms with E-state index in [0.29, 0.717) is 30.4 Å². The van der Waals surface area contributed by atoms with Crippen molar-refractivity contribution < 1.29 is 19.7 Å². The monoisotopic (exact) mass is 408 g/mol. The van der Waals surface area contributed by atoms with Gasteiger partial charge in [0.25, 0.3) is 0 Å². The van der Waals surface area contributed by atoms with Crippen molar-refractivity contribution in [2.24, 2.45) is 11.8 Å². The van der Waals surface area contributed by atoms with Gasteiger partial charge < -0.3 is 19.5 Å². The topological polar surface area (TPSA) is 110 Å². The Morgan fingerprint density at radius 3 is 2.83 bits per heavy atom. The minimum Gasteiger partial charge on any atom is -0.491 e. The van der Waals surface area contributed by atoms with Crippen LogP contribution in [0.15, 0.2) is 18.2 Å². The molecule has 2 N–H and O–H groups in total. The van der Waals surface area contributed by atoms with Gasteiger partial charge in [0.1, 0.15) is 23.6 Å². The summed E-state index contributed by atoms with van der Waals surface area (Å²) in [6.07, 6.45) is 3.29. The number of carboxylic acids is 1. The molecule has 1 atom stereocenters. The molecule has 0 radical (unpaired) electrons. The van der Waals surface area contributed by atoms with Crippen molar-refractivity contribution in [2.75, 3.05) is 6.61 Å². The molecule has 2 aromatic heterocycles. The van der Waals surface area contributed by atoms with Crippen LogP contribution in [0, 0.1) is 18.8 Å². The molecule has 1 aliphatic carbocycles. The summed E-state index contributed by atoms with van der Waals surface area (Å²) < 4.78 is 8.13. The van der Waals surface area contributed by atoms with Gasteiger partial charge >= 0.3 is 5.97 Å². The van der Waals surface area contributed by atoms with Crippen LogP contribution >= 0.6 is 0 Å². The van der Waals surface area contributed by atoms with Gasteiger partial charge in [0.15, 0.2) is 11.6 Å². The number of ether oxygens (including phenoxy) is 1. The Morgan fingerprint density at radius 2 is 2.10 bits per heavy atom. The Kier molecular flexibility index (Phi) is 4.66. The van der Waals surface area contributed by atoms with Crippen molar-refractivity contribution >= 4 is 17.0 Å². The maximum atomic E-state index is 11.7. The van der Waals surface area contributed by atoms with Crippen LogP contribution in [-0.4, -0.2) is 42.3 Å². The minimum atomic E-state index is -0.733. The molecular weight excluding hydrogens is 384 g/mol. The van der Waals surface area contributed by atoms with Crippen molar-refractivity contribution in [2.45, 2.75) is 45.8 Å². The number of carboxylic acid groups (broad SMARTS) is 1. The Morgan fingerprint density at radius 1 is 1.27 bits per heavy atom. The molecule has 1 aliphatic heterocycles. The Labute approximate surface area is 173 Å². The number of hydrogen-bond donors (Lipinski definition) is 2. The second-order valence-electron chi connectivity index (χ2n) is 8.21. The van der Waals surface area contributed by atoms with Crippen molar-refractivity contribution in [3.8, 4) is 17.3 Å². The molecule has 2 aliphatic rings. The maximum Gasteiger partial charge on any atom is 0.307 e. The SMILES string of the molecule is Cc1cc(-c2nc3cc(C[C@H](C(=O)O)C4CC4)cc4c3n2CCCO4)nc(CO)n1. The fourth-order valence-electron chi connectivity index (χ4n) is 4.35. The predicted octanol–water partition coefficient (Wildman–Crippen LogP) is 2.73. The van der Waals surface area contributed by atoms with Crippen LogP contribution in [0.1, 0.15) is 36.3 Å². The fourth-order valence-corrected chi connectivity index (χ4v) is 4.35. The molecule has 8 nitrogen and oxygen atoms in total. The zero-order chi connectivity index (χ0) is 20.8. The summed E-state index contributed by atoms with van der Waals surface area (Å²) >= 11 is 0. The third kappa shape index (κ3) is 3.41. The molecule has 30 heavy (non-hydrogen) atoms. The van der Waals surface area contributed by atoms with E-state index >= 15 is 0 Å². The molecule has 3 aromatic rings. The number of aromatic nitrogens is 4. The number of aliphatic hydroxyl groups is 1. The second-order valence-corrected chi connectivity index (χ2v) is 8.21. The highest BCUT2D eigenvalue weighted by atomic mass is 16.5. The van der Waals surface area contributed by atoms with Crippen LogP contribution in [-0.2, 0) is 24.4 Å². The van der Waals surface area contributed by atoms with Gasteiger partial charge in [0.05, 0.1) is 18.0 Å². The van der Waals surface area contributed by atoms with Crippen LogP contribution in [0.2, 0.25) is 0 Å². The standard InChI is InChI=1S/C22H24N4O4/c1-12-7-17(24-19(11-27)23-12)21-25-16-9-13(8-15(22(28)29)14-3-4-14)10-18-20(16)26(21)5-2-6-30-18/h7,9-10,14-15,27H,2-6,8,11H2,1H3,(H,28,29)/t15-/m0/s1. The molecule has 156 valence electrons. The predicted molar refractivity (Wildman–Crippen MR) is 109 cm³/mol. The number of nitrogens with zero attached hydrogens (tertiary/aromatic N) is 4. The molecule has 1 aromatic carbocycles. The van der Waals surface area contributed by atoms with E-state index in [0.717, 1.165) is 53.8 Å². The molecule has 0 bridgehead atoms. The minimum absolute atomic E-state index is 0.231. The highest BCUT2D eigenvalue weighted by Crippen LogP contribution is 2.40. The zero-order valence-electron chi connectivity index (χ0n) is 16.8. The Balaban J connectivity index is 1.63. The van der Waals surface area contributed by atoms with Crippen LogP contribution in [0.25, 0.3) is 22.6 Å². The lowest BCUT2D eigenvalue weighted by molar-refractivity contribution is -0.142. The summed E-state index contributed by atoms with van der Waals surface area (Å²) in [4.78, 5) is 25.3. The number of imidazole rings is 1. The highest BCUT2D eigenvalue weighted by Gasteiger charge is 2.36. The van der Waals surface area contributed by atoms with Gasteiger partial charge in [-0.3, -0.25) is 4.79 Å². The van der Waals surface area contributed by atoms with Crippen molar-refractivity contribution in [1.82, 2.24) is 19.5 Å². The summed E-state index contributed by atoms with van der Waals surface area (Å²) in [7, 11) is 0. The molecule has 0 unspecified atom stereocenters. The number of aliphatic carboxylic acids is 1. The summed E-state index contributed by atoms with van der Waals surface area (Å²) in [5.74, 6) is 0.997. The number of aliphatic hydroxyl groups excluding tert-OH is 1. The van der Waals surface area contributed by atoms with E-state index in [-0.39, 0.29) is 18.4 Å². The van der Waals surface area contributed by atoms with Crippen molar-refractivity contribution in [1.29, 1.82) is 0 Å². The van der Waals surface area contributed by atoms with Crippen molar-refractivity contribution in [3.05, 3.63) is 35.3 Å². The summed E-state index contributed by atoms with van der Waals surface area (Å²) in [6.45, 7) is 2.97. The van der Waals surface area contributed by atoms with Crippen LogP contribution in [0.4, 0.5) is 0 Å². The average Bonchev–Trinajstić information content (AvgIpc) is 3.51. The van der Waals surface area contributed by atoms with E-state index in [1.54, 1.807) is 0 Å². The third-order valence-electron chi connectivity index (χ3n) is 5.89. The normalized spacial score (nSPS) is 16.9. The number of benzene rings is 1. The molecule has 5 rings (SSSR count). The highest BCUT2D eigenvalue weighted by molar-refractivity contribution is 5.87. The van der Waals surface area contributed by atoms with Crippen molar-refractivity contribution in [3.63, 3.8) is 0 Å². The molecular formula is C22H24N4O4. The Hall–Kier alpha value is -3.00. The van der Waals surface area contributed by atoms with E-state index < -0.39 is 5.97 Å². The van der Waals surface area contributed by atoms with Crippen LogP contribution in [0.3, 0.4) is 0 Å². The lowest BCUT2D eigenvalue weighted by atomic mass is 9.94. The first-order chi connectivity index (χ1) is 14.5. The Bertz CT molecular complexity index is 1140. The molecule has 0 spiro atoms. The van der Waals surface area contributed by atoms with Gasteiger partial charge in [-0.1, -0.05) is 0 Å². The van der Waals surface area contributed by atoms with E-state index in [9.17, 15) is 15.0 Å². The first kappa shape index (κ1) is 19.0. The average molecular weight is 408 g/mol. The lowest BCUT2D eigenvalue weighted by Gasteiger charge is -2.13. The second kappa shape index (κ2) is 7.36. The molecule has 0 saturated heterocycles. The smallest absolute Gasteiger partial charge is 0.307 e. The zero-order valence-corrected chi connectivity index (χ0v) is 16.8. The number of rotatable bonds is 6. The summed E-state index contributed by atoms with van der Waals surface area (Å²) in [6, 6.07) is 5.81. The van der Waals surface area contributed by atoms with Gasteiger partial charge in [-0.2, -0.15) is 0 Å². The van der Waals surface area contributed by atoms with Gasteiger partial charge in [-0.15, -0.1) is 0 Å². The molecule has 3 heterocycles. The van der Waals surface area contributed by atoms with E-state index in [2.05, 4.69) is 14.5 Å². The largest absolute Gasteiger partial charge is 0.491 e. The van der Waals surface area contributed by atoms with Crippen LogP contribution < -0.4 is 4.74 Å². The van der Waals surface area contributed by atoms with Gasteiger partial charge in [-0.05, 0) is 62.3 Å². The number of hydrogen-bond acceptors (Lipinski definition) is 6. The molecule has 1 saturated carbocycles. The summed E-state index contributed by atoms with van der Waals surface area (Å²) in [5.41, 5.74) is 4.05. The fraction of sp³-hybridized carbons (Fsp3) is 0.455. The first-order valence-corrected chi connectivity index (χ1v) is 10.4. The van der Waals surface area contributed by atoms with Gasteiger partial charge in [0.2, 0.25) is 0 Å². The molecule has 8 heteroatoms. The molecule has 1 fully saturated rings. The summed E-state index contributed by atoms with van der Waals surface area (Å²) in [5, 5.41) is 19.1. The molecule has 0 amide bonds. The van der Waals surface area contributed by atoms with E-state index in [1.807, 2.05) is 25.1 Å². The van der Waals surface area contributed by atoms with E-state index in [1.165, 1.54) is 0 Å². The lowest BCUT2D eigenvalue weighted by Crippen LogP contribution is -2.18. The van der Waals surface area contributed by atoms with E-state index in [4.69, 9.17) is 9.72 Å². The quantitative estimate of drug-likeness (QED) is 0.645. The number of carbonyl (C=O) groups is 1. The van der Waals surface area contributed by atoms with Gasteiger partial charge in [0, 0.05) is 12.2 Å².